The van der Waals surface area contributed by atoms with E-state index in [0.29, 0.717) is 19.6 Å². The summed E-state index contributed by atoms with van der Waals surface area (Å²) in [6.07, 6.45) is 0.426. The van der Waals surface area contributed by atoms with Gasteiger partial charge >= 0.3 is 0 Å². The Hall–Kier alpha value is -1.89. The van der Waals surface area contributed by atoms with Crippen molar-refractivity contribution >= 4 is 21.8 Å². The van der Waals surface area contributed by atoms with E-state index in [0.717, 1.165) is 21.3 Å². The quantitative estimate of drug-likeness (QED) is 0.808. The van der Waals surface area contributed by atoms with Crippen molar-refractivity contribution in [3.63, 3.8) is 0 Å². The second kappa shape index (κ2) is 7.78. The highest BCUT2D eigenvalue weighted by Gasteiger charge is 2.41. The molecule has 0 radical (unpaired) electrons. The Morgan fingerprint density at radius 1 is 1.23 bits per heavy atom. The lowest BCUT2D eigenvalue weighted by Gasteiger charge is -2.47. The minimum absolute atomic E-state index is 0.148. The van der Waals surface area contributed by atoms with Gasteiger partial charge in [-0.3, -0.25) is 4.79 Å². The van der Waals surface area contributed by atoms with Crippen LogP contribution in [-0.2, 0) is 16.9 Å². The number of ether oxygens (including phenoxy) is 1. The molecule has 26 heavy (non-hydrogen) atoms. The molecule has 1 aliphatic heterocycles. The number of nitrogens with one attached hydrogen (secondary N) is 1. The molecule has 0 aliphatic carbocycles. The predicted molar refractivity (Wildman–Crippen MR) is 105 cm³/mol. The summed E-state index contributed by atoms with van der Waals surface area (Å²) in [5, 5.41) is 2.15. The molecule has 5 nitrogen and oxygen atoms in total. The minimum Gasteiger partial charge on any atom is -0.497 e. The number of hydrazine groups is 1. The Kier molecular flexibility index (Phi) is 5.65. The first-order chi connectivity index (χ1) is 12.4. The summed E-state index contributed by atoms with van der Waals surface area (Å²) in [5.74, 6) is 0.992. The van der Waals surface area contributed by atoms with Crippen LogP contribution in [0.1, 0.15) is 24.5 Å². The first-order valence-electron chi connectivity index (χ1n) is 8.56. The molecule has 1 aliphatic rings. The molecule has 1 fully saturated rings. The van der Waals surface area contributed by atoms with Crippen molar-refractivity contribution in [2.75, 3.05) is 20.8 Å². The Labute approximate surface area is 163 Å². The molecule has 1 amide bonds. The number of amides is 1. The maximum atomic E-state index is 12.4. The molecule has 2 aromatic rings. The van der Waals surface area contributed by atoms with Gasteiger partial charge in [-0.25, -0.2) is 10.4 Å². The largest absolute Gasteiger partial charge is 0.497 e. The summed E-state index contributed by atoms with van der Waals surface area (Å²) >= 11 is 3.54. The molecule has 1 atom stereocenters. The molecule has 2 aromatic carbocycles. The average molecular weight is 418 g/mol. The first-order valence-corrected chi connectivity index (χ1v) is 9.36. The van der Waals surface area contributed by atoms with E-state index in [1.807, 2.05) is 43.4 Å². The standard InChI is InChI=1S/C20H24BrN3O2/c1-20(16-5-4-6-17(21)11-16)12-19(25)23(2)14-24(20)22-13-15-7-9-18(26-3)10-8-15/h4-11,22H,12-14H2,1-3H3. The highest BCUT2D eigenvalue weighted by atomic mass is 79.9. The lowest BCUT2D eigenvalue weighted by Crippen LogP contribution is -2.61. The van der Waals surface area contributed by atoms with Crippen molar-refractivity contribution in [2.45, 2.75) is 25.4 Å². The maximum absolute atomic E-state index is 12.4. The molecule has 3 rings (SSSR count). The molecule has 0 saturated carbocycles. The normalized spacial score (nSPS) is 21.1. The monoisotopic (exact) mass is 417 g/mol. The summed E-state index contributed by atoms with van der Waals surface area (Å²) in [6, 6.07) is 16.2. The van der Waals surface area contributed by atoms with Gasteiger partial charge in [-0.1, -0.05) is 40.2 Å². The van der Waals surface area contributed by atoms with E-state index in [1.54, 1.807) is 12.0 Å². The molecule has 0 aromatic heterocycles. The van der Waals surface area contributed by atoms with Crippen molar-refractivity contribution in [2.24, 2.45) is 0 Å². The first kappa shape index (κ1) is 18.9. The zero-order valence-electron chi connectivity index (χ0n) is 15.3. The molecule has 1 saturated heterocycles. The summed E-state index contributed by atoms with van der Waals surface area (Å²) in [7, 11) is 3.50. The predicted octanol–water partition coefficient (Wildman–Crippen LogP) is 3.50. The van der Waals surface area contributed by atoms with Crippen LogP contribution in [0.4, 0.5) is 0 Å². The third-order valence-corrected chi connectivity index (χ3v) is 5.44. The summed E-state index contributed by atoms with van der Waals surface area (Å²) in [6.45, 7) is 3.31. The van der Waals surface area contributed by atoms with Gasteiger partial charge in [-0.2, -0.15) is 0 Å². The smallest absolute Gasteiger partial charge is 0.225 e. The Balaban J connectivity index is 1.82. The van der Waals surface area contributed by atoms with E-state index in [1.165, 1.54) is 0 Å². The molecule has 6 heteroatoms. The van der Waals surface area contributed by atoms with Crippen LogP contribution in [0.15, 0.2) is 53.0 Å². The van der Waals surface area contributed by atoms with Crippen molar-refractivity contribution in [3.8, 4) is 5.75 Å². The molecule has 1 unspecified atom stereocenters. The lowest BCUT2D eigenvalue weighted by atomic mass is 9.86. The Morgan fingerprint density at radius 3 is 2.62 bits per heavy atom. The highest BCUT2D eigenvalue weighted by molar-refractivity contribution is 9.10. The molecular formula is C20H24BrN3O2. The van der Waals surface area contributed by atoms with Gasteiger partial charge in [0.1, 0.15) is 5.75 Å². The molecular weight excluding hydrogens is 394 g/mol. The van der Waals surface area contributed by atoms with Gasteiger partial charge in [0, 0.05) is 18.1 Å². The fraction of sp³-hybridized carbons (Fsp3) is 0.350. The number of rotatable bonds is 5. The molecule has 0 bridgehead atoms. The van der Waals surface area contributed by atoms with E-state index < -0.39 is 5.54 Å². The fourth-order valence-corrected chi connectivity index (χ4v) is 3.61. The van der Waals surface area contributed by atoms with Gasteiger partial charge in [-0.05, 0) is 42.3 Å². The number of hydrogen-bond acceptors (Lipinski definition) is 4. The van der Waals surface area contributed by atoms with Crippen LogP contribution in [0.3, 0.4) is 0 Å². The van der Waals surface area contributed by atoms with Gasteiger partial charge in [0.15, 0.2) is 0 Å². The zero-order valence-corrected chi connectivity index (χ0v) is 16.9. The van der Waals surface area contributed by atoms with Crippen LogP contribution in [-0.4, -0.2) is 36.6 Å². The van der Waals surface area contributed by atoms with Crippen molar-refractivity contribution in [1.29, 1.82) is 0 Å². The van der Waals surface area contributed by atoms with Crippen LogP contribution in [0.25, 0.3) is 0 Å². The van der Waals surface area contributed by atoms with Crippen molar-refractivity contribution in [3.05, 3.63) is 64.1 Å². The van der Waals surface area contributed by atoms with E-state index in [2.05, 4.69) is 45.4 Å². The number of carbonyl (C=O) groups is 1. The number of benzene rings is 2. The van der Waals surface area contributed by atoms with Crippen molar-refractivity contribution < 1.29 is 9.53 Å². The zero-order chi connectivity index (χ0) is 18.7. The van der Waals surface area contributed by atoms with Crippen molar-refractivity contribution in [1.82, 2.24) is 15.3 Å². The Morgan fingerprint density at radius 2 is 1.96 bits per heavy atom. The third kappa shape index (κ3) is 3.92. The van der Waals surface area contributed by atoms with E-state index in [9.17, 15) is 4.79 Å². The topological polar surface area (TPSA) is 44.8 Å². The number of halogens is 1. The average Bonchev–Trinajstić information content (AvgIpc) is 2.64. The SMILES string of the molecule is COc1ccc(CNN2CN(C)C(=O)CC2(C)c2cccc(Br)c2)cc1. The van der Waals surface area contributed by atoms with Gasteiger partial charge in [0.25, 0.3) is 0 Å². The van der Waals surface area contributed by atoms with E-state index >= 15 is 0 Å². The molecule has 1 N–H and O–H groups in total. The highest BCUT2D eigenvalue weighted by Crippen LogP contribution is 2.35. The summed E-state index contributed by atoms with van der Waals surface area (Å²) in [4.78, 5) is 14.2. The third-order valence-electron chi connectivity index (χ3n) is 4.95. The maximum Gasteiger partial charge on any atom is 0.225 e. The van der Waals surface area contributed by atoms with Crippen LogP contribution < -0.4 is 10.2 Å². The van der Waals surface area contributed by atoms with Gasteiger partial charge in [-0.15, -0.1) is 0 Å². The fourth-order valence-electron chi connectivity index (χ4n) is 3.21. The minimum atomic E-state index is -0.417. The number of nitrogens with zero attached hydrogens (tertiary/aromatic N) is 2. The van der Waals surface area contributed by atoms with Gasteiger partial charge in [0.2, 0.25) is 5.91 Å². The summed E-state index contributed by atoms with van der Waals surface area (Å²) in [5.41, 5.74) is 5.36. The van der Waals surface area contributed by atoms with Gasteiger partial charge < -0.3 is 9.64 Å². The van der Waals surface area contributed by atoms with Crippen LogP contribution >= 0.6 is 15.9 Å². The van der Waals surface area contributed by atoms with Crippen LogP contribution in [0.2, 0.25) is 0 Å². The summed E-state index contributed by atoms with van der Waals surface area (Å²) < 4.78 is 6.22. The number of methoxy groups -OCH3 is 1. The van der Waals surface area contributed by atoms with Gasteiger partial charge in [0.05, 0.1) is 25.7 Å². The molecule has 1 heterocycles. The molecule has 0 spiro atoms. The molecule has 138 valence electrons. The van der Waals surface area contributed by atoms with Crippen LogP contribution in [0, 0.1) is 0 Å². The second-order valence-electron chi connectivity index (χ2n) is 6.81. The lowest BCUT2D eigenvalue weighted by molar-refractivity contribution is -0.149. The number of hydrogen-bond donors (Lipinski definition) is 1. The second-order valence-corrected chi connectivity index (χ2v) is 7.72. The van der Waals surface area contributed by atoms with E-state index in [4.69, 9.17) is 4.74 Å². The number of carbonyl (C=O) groups excluding carboxylic acids is 1. The van der Waals surface area contributed by atoms with E-state index in [-0.39, 0.29) is 5.91 Å². The van der Waals surface area contributed by atoms with Crippen LogP contribution in [0.5, 0.6) is 5.75 Å². The Bertz CT molecular complexity index is 781.